The van der Waals surface area contributed by atoms with Crippen molar-refractivity contribution in [2.75, 3.05) is 18.9 Å². The highest BCUT2D eigenvalue weighted by atomic mass is 79.9. The summed E-state index contributed by atoms with van der Waals surface area (Å²) in [5.41, 5.74) is 3.17. The number of likely N-dealkylation sites (N-methyl/N-ethyl adjacent to an activating group) is 1. The molecule has 0 fully saturated rings. The number of carbonyl (C=O) groups is 2. The van der Waals surface area contributed by atoms with Gasteiger partial charge >= 0.3 is 0 Å². The number of hydrogen-bond donors (Lipinski definition) is 1. The number of hydrogen-bond acceptors (Lipinski definition) is 4. The number of aromatic nitrogens is 1. The zero-order chi connectivity index (χ0) is 21.0. The average molecular weight is 493 g/mol. The first-order chi connectivity index (χ1) is 13.8. The number of rotatable bonds is 6. The molecule has 0 atom stereocenters. The van der Waals surface area contributed by atoms with E-state index >= 15 is 0 Å². The Morgan fingerprint density at radius 2 is 2.00 bits per heavy atom. The average Bonchev–Trinajstić information content (AvgIpc) is 3.12. The number of halogens is 2. The van der Waals surface area contributed by atoms with Crippen LogP contribution in [0.4, 0.5) is 5.69 Å². The fourth-order valence-corrected chi connectivity index (χ4v) is 4.31. The smallest absolute Gasteiger partial charge is 0.243 e. The molecule has 3 aromatic rings. The van der Waals surface area contributed by atoms with Crippen LogP contribution < -0.4 is 5.32 Å². The third-order valence-corrected chi connectivity index (χ3v) is 6.00. The van der Waals surface area contributed by atoms with E-state index in [1.165, 1.54) is 16.2 Å². The van der Waals surface area contributed by atoms with Crippen molar-refractivity contribution < 1.29 is 9.59 Å². The second-order valence-electron chi connectivity index (χ2n) is 6.56. The van der Waals surface area contributed by atoms with Gasteiger partial charge in [0.25, 0.3) is 0 Å². The molecule has 0 radical (unpaired) electrons. The van der Waals surface area contributed by atoms with Crippen molar-refractivity contribution in [2.45, 2.75) is 13.3 Å². The minimum atomic E-state index is -0.249. The van der Waals surface area contributed by atoms with Gasteiger partial charge in [0.2, 0.25) is 11.8 Å². The highest BCUT2D eigenvalue weighted by molar-refractivity contribution is 9.10. The van der Waals surface area contributed by atoms with E-state index in [1.54, 1.807) is 7.05 Å². The highest BCUT2D eigenvalue weighted by Crippen LogP contribution is 2.30. The molecule has 5 nitrogen and oxygen atoms in total. The number of nitrogens with zero attached hydrogens (tertiary/aromatic N) is 2. The quantitative estimate of drug-likeness (QED) is 0.516. The van der Waals surface area contributed by atoms with Crippen molar-refractivity contribution in [2.24, 2.45) is 0 Å². The van der Waals surface area contributed by atoms with Gasteiger partial charge < -0.3 is 10.2 Å². The minimum Gasteiger partial charge on any atom is -0.336 e. The minimum absolute atomic E-state index is 0.0319. The summed E-state index contributed by atoms with van der Waals surface area (Å²) < 4.78 is 0.944. The van der Waals surface area contributed by atoms with Crippen molar-refractivity contribution in [1.29, 1.82) is 0 Å². The Labute approximate surface area is 186 Å². The molecule has 0 saturated carbocycles. The summed E-state index contributed by atoms with van der Waals surface area (Å²) in [4.78, 5) is 30.7. The van der Waals surface area contributed by atoms with Gasteiger partial charge in [-0.05, 0) is 36.8 Å². The number of amides is 2. The lowest BCUT2D eigenvalue weighted by atomic mass is 10.2. The first kappa shape index (κ1) is 21.5. The van der Waals surface area contributed by atoms with Crippen molar-refractivity contribution in [3.63, 3.8) is 0 Å². The Hall–Kier alpha value is -2.22. The largest absolute Gasteiger partial charge is 0.336 e. The van der Waals surface area contributed by atoms with Crippen LogP contribution in [0.3, 0.4) is 0 Å². The monoisotopic (exact) mass is 491 g/mol. The summed E-state index contributed by atoms with van der Waals surface area (Å²) >= 11 is 11.0. The van der Waals surface area contributed by atoms with Crippen molar-refractivity contribution >= 4 is 56.4 Å². The second-order valence-corrected chi connectivity index (χ2v) is 8.74. The van der Waals surface area contributed by atoms with Gasteiger partial charge in [0.1, 0.15) is 5.01 Å². The first-order valence-corrected chi connectivity index (χ1v) is 10.9. The fraction of sp³-hybridized carbons (Fsp3) is 0.190. The number of thiazole rings is 1. The van der Waals surface area contributed by atoms with Crippen LogP contribution in [-0.4, -0.2) is 35.3 Å². The maximum absolute atomic E-state index is 12.5. The molecule has 2 amide bonds. The second kappa shape index (κ2) is 9.52. The number of carbonyl (C=O) groups excluding carboxylic acids is 2. The summed E-state index contributed by atoms with van der Waals surface area (Å²) in [6.45, 7) is 1.88. The van der Waals surface area contributed by atoms with Gasteiger partial charge in [0, 0.05) is 28.2 Å². The van der Waals surface area contributed by atoms with Gasteiger partial charge in [-0.1, -0.05) is 45.7 Å². The summed E-state index contributed by atoms with van der Waals surface area (Å²) in [5, 5.41) is 6.07. The maximum atomic E-state index is 12.5. The van der Waals surface area contributed by atoms with Gasteiger partial charge in [0.05, 0.1) is 23.7 Å². The third kappa shape index (κ3) is 5.65. The number of aryl methyl sites for hydroxylation is 1. The Bertz CT molecular complexity index is 1050. The van der Waals surface area contributed by atoms with Crippen molar-refractivity contribution in [1.82, 2.24) is 9.88 Å². The SMILES string of the molecule is Cc1cc(Br)ccc1NC(=O)CN(C)C(=O)Cc1csc(-c2ccccc2Cl)n1. The Balaban J connectivity index is 1.58. The van der Waals surface area contributed by atoms with Crippen molar-refractivity contribution in [3.8, 4) is 10.6 Å². The molecule has 150 valence electrons. The molecule has 0 aliphatic carbocycles. The van der Waals surface area contributed by atoms with Crippen LogP contribution in [0.2, 0.25) is 5.02 Å². The summed E-state index contributed by atoms with van der Waals surface area (Å²) in [6, 6.07) is 13.1. The molecular formula is C21H19BrClN3O2S. The Morgan fingerprint density at radius 3 is 2.72 bits per heavy atom. The van der Waals surface area contributed by atoms with E-state index in [0.29, 0.717) is 10.7 Å². The number of anilines is 1. The topological polar surface area (TPSA) is 62.3 Å². The Kier molecular flexibility index (Phi) is 7.05. The predicted molar refractivity (Wildman–Crippen MR) is 121 cm³/mol. The van der Waals surface area contributed by atoms with Gasteiger partial charge in [-0.2, -0.15) is 0 Å². The Morgan fingerprint density at radius 1 is 1.24 bits per heavy atom. The van der Waals surface area contributed by atoms with Gasteiger partial charge in [-0.15, -0.1) is 11.3 Å². The van der Waals surface area contributed by atoms with Crippen LogP contribution in [0.1, 0.15) is 11.3 Å². The van der Waals surface area contributed by atoms with Crippen LogP contribution in [0.25, 0.3) is 10.6 Å². The lowest BCUT2D eigenvalue weighted by Gasteiger charge is -2.17. The van der Waals surface area contributed by atoms with E-state index in [0.717, 1.165) is 26.3 Å². The van der Waals surface area contributed by atoms with Gasteiger partial charge in [0.15, 0.2) is 0 Å². The lowest BCUT2D eigenvalue weighted by Crippen LogP contribution is -2.36. The van der Waals surface area contributed by atoms with E-state index < -0.39 is 0 Å². The predicted octanol–water partition coefficient (Wildman–Crippen LogP) is 5.17. The fourth-order valence-electron chi connectivity index (χ4n) is 2.70. The first-order valence-electron chi connectivity index (χ1n) is 8.83. The molecule has 1 N–H and O–H groups in total. The van der Waals surface area contributed by atoms with E-state index in [-0.39, 0.29) is 24.8 Å². The number of nitrogens with one attached hydrogen (secondary N) is 1. The van der Waals surface area contributed by atoms with E-state index in [9.17, 15) is 9.59 Å². The molecule has 1 heterocycles. The summed E-state index contributed by atoms with van der Waals surface area (Å²) in [6.07, 6.45) is 0.127. The molecule has 0 aliphatic heterocycles. The van der Waals surface area contributed by atoms with E-state index in [4.69, 9.17) is 11.6 Å². The molecule has 29 heavy (non-hydrogen) atoms. The molecule has 1 aromatic heterocycles. The highest BCUT2D eigenvalue weighted by Gasteiger charge is 2.16. The maximum Gasteiger partial charge on any atom is 0.243 e. The molecular weight excluding hydrogens is 474 g/mol. The molecule has 3 rings (SSSR count). The standard InChI is InChI=1S/C21H19BrClN3O2S/c1-13-9-14(22)7-8-18(13)25-19(27)11-26(2)20(28)10-15-12-29-21(24-15)16-5-3-4-6-17(16)23/h3-9,12H,10-11H2,1-2H3,(H,25,27). The van der Waals surface area contributed by atoms with E-state index in [1.807, 2.05) is 54.8 Å². The molecule has 0 spiro atoms. The zero-order valence-electron chi connectivity index (χ0n) is 15.9. The molecule has 0 aliphatic rings. The van der Waals surface area contributed by atoms with Gasteiger partial charge in [-0.25, -0.2) is 4.98 Å². The normalized spacial score (nSPS) is 10.6. The molecule has 8 heteroatoms. The van der Waals surface area contributed by atoms with Gasteiger partial charge in [-0.3, -0.25) is 9.59 Å². The van der Waals surface area contributed by atoms with Crippen molar-refractivity contribution in [3.05, 3.63) is 68.6 Å². The summed E-state index contributed by atoms with van der Waals surface area (Å²) in [7, 11) is 1.61. The summed E-state index contributed by atoms with van der Waals surface area (Å²) in [5.74, 6) is -0.426. The van der Waals surface area contributed by atoms with Crippen LogP contribution in [-0.2, 0) is 16.0 Å². The van der Waals surface area contributed by atoms with E-state index in [2.05, 4.69) is 26.2 Å². The van der Waals surface area contributed by atoms with Crippen LogP contribution in [0.5, 0.6) is 0 Å². The third-order valence-electron chi connectivity index (χ3n) is 4.26. The van der Waals surface area contributed by atoms with Crippen LogP contribution in [0, 0.1) is 6.92 Å². The number of benzene rings is 2. The molecule has 0 unspecified atom stereocenters. The van der Waals surface area contributed by atoms with Crippen LogP contribution in [0.15, 0.2) is 52.3 Å². The zero-order valence-corrected chi connectivity index (χ0v) is 19.1. The molecule has 2 aromatic carbocycles. The van der Waals surface area contributed by atoms with Crippen LogP contribution >= 0.6 is 38.9 Å². The molecule has 0 saturated heterocycles. The lowest BCUT2D eigenvalue weighted by molar-refractivity contribution is -0.132. The molecule has 0 bridgehead atoms.